The van der Waals surface area contributed by atoms with Crippen molar-refractivity contribution in [1.82, 2.24) is 24.1 Å². The van der Waals surface area contributed by atoms with E-state index < -0.39 is 0 Å². The van der Waals surface area contributed by atoms with Crippen LogP contribution in [0.3, 0.4) is 0 Å². The monoisotopic (exact) mass is 739 g/mol. The zero-order valence-electron chi connectivity index (χ0n) is 31.3. The number of hydrogen-bond donors (Lipinski definition) is 0. The standard InChI is InChI=1S/C53H33N5/c1-3-16-35(17-4-1)51-54-52(38-28-27-34-15-7-8-18-36(34)31-38)56-53(55-51)39-32-37-19-9-10-22-41(37)48(33-39)58-45-26-14-12-24-43(45)50-47(58)30-29-46-49(50)42-23-11-13-25-44(42)57(46)40-20-5-2-6-21-40/h1-33H. The first-order valence-corrected chi connectivity index (χ1v) is 19.6. The zero-order chi connectivity index (χ0) is 38.2. The van der Waals surface area contributed by atoms with Crippen molar-refractivity contribution in [2.75, 3.05) is 0 Å². The predicted molar refractivity (Wildman–Crippen MR) is 240 cm³/mol. The van der Waals surface area contributed by atoms with E-state index in [-0.39, 0.29) is 0 Å². The third kappa shape index (κ3) is 5.00. The SMILES string of the molecule is c1ccc(-c2nc(-c3ccc4ccccc4c3)nc(-c3cc(-n4c5ccccc5c5c6c7ccccc7n(-c7ccccc7)c6ccc54)c4ccccc4c3)n2)cc1. The number of aromatic nitrogens is 5. The van der Waals surface area contributed by atoms with Gasteiger partial charge in [0, 0.05) is 49.3 Å². The van der Waals surface area contributed by atoms with E-state index in [0.717, 1.165) is 55.3 Å². The Labute approximate surface area is 333 Å². The molecule has 0 aliphatic heterocycles. The Bertz CT molecular complexity index is 3560. The lowest BCUT2D eigenvalue weighted by Crippen LogP contribution is -2.02. The van der Waals surface area contributed by atoms with Gasteiger partial charge in [0.2, 0.25) is 0 Å². The molecule has 5 heteroatoms. The molecule has 0 saturated heterocycles. The second kappa shape index (κ2) is 12.8. The molecule has 0 N–H and O–H groups in total. The summed E-state index contributed by atoms with van der Waals surface area (Å²) in [5, 5.41) is 9.49. The highest BCUT2D eigenvalue weighted by atomic mass is 15.0. The van der Waals surface area contributed by atoms with E-state index in [4.69, 9.17) is 15.0 Å². The van der Waals surface area contributed by atoms with Crippen LogP contribution in [0.4, 0.5) is 0 Å². The molecule has 0 bridgehead atoms. The van der Waals surface area contributed by atoms with Gasteiger partial charge in [-0.2, -0.15) is 0 Å². The minimum atomic E-state index is 0.623. The Morgan fingerprint density at radius 2 is 0.793 bits per heavy atom. The van der Waals surface area contributed by atoms with Gasteiger partial charge in [-0.3, -0.25) is 0 Å². The molecule has 0 fully saturated rings. The normalized spacial score (nSPS) is 11.8. The zero-order valence-corrected chi connectivity index (χ0v) is 31.3. The number of fused-ring (bicyclic) bond motifs is 9. The maximum absolute atomic E-state index is 5.23. The van der Waals surface area contributed by atoms with E-state index in [9.17, 15) is 0 Å². The van der Waals surface area contributed by atoms with Crippen LogP contribution in [0.25, 0.3) is 111 Å². The van der Waals surface area contributed by atoms with Crippen LogP contribution >= 0.6 is 0 Å². The smallest absolute Gasteiger partial charge is 0.164 e. The lowest BCUT2D eigenvalue weighted by molar-refractivity contribution is 1.07. The molecule has 0 aliphatic rings. The number of hydrogen-bond acceptors (Lipinski definition) is 3. The van der Waals surface area contributed by atoms with Crippen LogP contribution in [0.2, 0.25) is 0 Å². The predicted octanol–water partition coefficient (Wildman–Crippen LogP) is 13.4. The molecule has 0 saturated carbocycles. The summed E-state index contributed by atoms with van der Waals surface area (Å²) < 4.78 is 4.83. The van der Waals surface area contributed by atoms with Gasteiger partial charge in [0.25, 0.3) is 0 Å². The van der Waals surface area contributed by atoms with Gasteiger partial charge in [-0.1, -0.05) is 146 Å². The van der Waals surface area contributed by atoms with Crippen molar-refractivity contribution in [3.63, 3.8) is 0 Å². The van der Waals surface area contributed by atoms with Crippen molar-refractivity contribution in [1.29, 1.82) is 0 Å². The highest BCUT2D eigenvalue weighted by Crippen LogP contribution is 2.43. The maximum Gasteiger partial charge on any atom is 0.164 e. The molecule has 0 unspecified atom stereocenters. The van der Waals surface area contributed by atoms with Crippen LogP contribution in [-0.4, -0.2) is 24.1 Å². The lowest BCUT2D eigenvalue weighted by Gasteiger charge is -2.15. The summed E-state index contributed by atoms with van der Waals surface area (Å²) in [5.41, 5.74) is 9.67. The van der Waals surface area contributed by atoms with Gasteiger partial charge in [-0.25, -0.2) is 15.0 Å². The molecule has 12 aromatic rings. The fourth-order valence-electron chi connectivity index (χ4n) is 8.92. The molecule has 5 nitrogen and oxygen atoms in total. The summed E-state index contributed by atoms with van der Waals surface area (Å²) in [4.78, 5) is 15.5. The molecule has 0 amide bonds. The summed E-state index contributed by atoms with van der Waals surface area (Å²) in [5.74, 6) is 1.90. The van der Waals surface area contributed by atoms with Gasteiger partial charge in [-0.15, -0.1) is 0 Å². The quantitative estimate of drug-likeness (QED) is 0.177. The van der Waals surface area contributed by atoms with Crippen molar-refractivity contribution in [3.8, 4) is 45.5 Å². The second-order valence-corrected chi connectivity index (χ2v) is 14.8. The average Bonchev–Trinajstić information content (AvgIpc) is 3.82. The Balaban J connectivity index is 1.14. The van der Waals surface area contributed by atoms with Gasteiger partial charge in [0.05, 0.1) is 27.8 Å². The van der Waals surface area contributed by atoms with Crippen LogP contribution in [-0.2, 0) is 0 Å². The average molecular weight is 740 g/mol. The van der Waals surface area contributed by atoms with Crippen LogP contribution in [0.1, 0.15) is 0 Å². The van der Waals surface area contributed by atoms with Crippen molar-refractivity contribution >= 4 is 65.2 Å². The van der Waals surface area contributed by atoms with Crippen molar-refractivity contribution < 1.29 is 0 Å². The fraction of sp³-hybridized carbons (Fsp3) is 0. The van der Waals surface area contributed by atoms with E-state index >= 15 is 0 Å². The van der Waals surface area contributed by atoms with Crippen molar-refractivity contribution in [2.24, 2.45) is 0 Å². The highest BCUT2D eigenvalue weighted by molar-refractivity contribution is 6.29. The Morgan fingerprint density at radius 1 is 0.293 bits per heavy atom. The maximum atomic E-state index is 5.23. The molecule has 270 valence electrons. The van der Waals surface area contributed by atoms with Gasteiger partial charge in [-0.05, 0) is 70.8 Å². The van der Waals surface area contributed by atoms with Gasteiger partial charge in [0.15, 0.2) is 17.5 Å². The van der Waals surface area contributed by atoms with E-state index in [1.165, 1.54) is 38.0 Å². The Kier molecular flexibility index (Phi) is 7.16. The van der Waals surface area contributed by atoms with E-state index in [1.54, 1.807) is 0 Å². The first kappa shape index (κ1) is 32.4. The number of rotatable bonds is 5. The first-order chi connectivity index (χ1) is 28.8. The summed E-state index contributed by atoms with van der Waals surface area (Å²) >= 11 is 0. The fourth-order valence-corrected chi connectivity index (χ4v) is 8.92. The molecule has 0 aliphatic carbocycles. The molecule has 0 radical (unpaired) electrons. The first-order valence-electron chi connectivity index (χ1n) is 19.6. The van der Waals surface area contributed by atoms with Gasteiger partial charge < -0.3 is 9.13 Å². The molecule has 3 heterocycles. The number of para-hydroxylation sites is 3. The van der Waals surface area contributed by atoms with Crippen LogP contribution in [0.5, 0.6) is 0 Å². The minimum Gasteiger partial charge on any atom is -0.309 e. The second-order valence-electron chi connectivity index (χ2n) is 14.8. The van der Waals surface area contributed by atoms with Crippen LogP contribution in [0.15, 0.2) is 200 Å². The summed E-state index contributed by atoms with van der Waals surface area (Å²) in [6.45, 7) is 0. The van der Waals surface area contributed by atoms with Crippen LogP contribution < -0.4 is 0 Å². The molecule has 58 heavy (non-hydrogen) atoms. The summed E-state index contributed by atoms with van der Waals surface area (Å²) in [7, 11) is 0. The van der Waals surface area contributed by atoms with Gasteiger partial charge >= 0.3 is 0 Å². The largest absolute Gasteiger partial charge is 0.309 e. The molecule has 9 aromatic carbocycles. The molecule has 12 rings (SSSR count). The van der Waals surface area contributed by atoms with E-state index in [2.05, 4.69) is 191 Å². The third-order valence-corrected chi connectivity index (χ3v) is 11.5. The third-order valence-electron chi connectivity index (χ3n) is 11.5. The van der Waals surface area contributed by atoms with Crippen LogP contribution in [0, 0.1) is 0 Å². The Hall–Kier alpha value is -7.89. The van der Waals surface area contributed by atoms with Crippen molar-refractivity contribution in [2.45, 2.75) is 0 Å². The number of nitrogens with zero attached hydrogens (tertiary/aromatic N) is 5. The van der Waals surface area contributed by atoms with Gasteiger partial charge in [0.1, 0.15) is 0 Å². The summed E-state index contributed by atoms with van der Waals surface area (Å²) in [6.07, 6.45) is 0. The highest BCUT2D eigenvalue weighted by Gasteiger charge is 2.22. The molecular weight excluding hydrogens is 707 g/mol. The van der Waals surface area contributed by atoms with E-state index in [1.807, 2.05) is 18.2 Å². The lowest BCUT2D eigenvalue weighted by atomic mass is 10.0. The summed E-state index contributed by atoms with van der Waals surface area (Å²) in [6, 6.07) is 70.9. The topological polar surface area (TPSA) is 48.5 Å². The molecule has 3 aromatic heterocycles. The molecular formula is C53H33N5. The minimum absolute atomic E-state index is 0.623. The molecule has 0 spiro atoms. The molecule has 0 atom stereocenters. The number of benzene rings is 9. The van der Waals surface area contributed by atoms with Crippen molar-refractivity contribution in [3.05, 3.63) is 200 Å². The van der Waals surface area contributed by atoms with E-state index in [0.29, 0.717) is 17.5 Å². The Morgan fingerprint density at radius 3 is 1.50 bits per heavy atom.